The van der Waals surface area contributed by atoms with Crippen LogP contribution in [0.4, 0.5) is 0 Å². The molecule has 0 spiro atoms. The van der Waals surface area contributed by atoms with Gasteiger partial charge in [-0.2, -0.15) is 17.4 Å². The number of aliphatic hydroxyl groups excluding tert-OH is 1. The summed E-state index contributed by atoms with van der Waals surface area (Å²) in [6.45, 7) is 0.561. The highest BCUT2D eigenvalue weighted by Gasteiger charge is 2.15. The Bertz CT molecular complexity index is 420. The highest BCUT2D eigenvalue weighted by molar-refractivity contribution is 7.87. The van der Waals surface area contributed by atoms with E-state index >= 15 is 0 Å². The van der Waals surface area contributed by atoms with E-state index in [0.717, 1.165) is 5.56 Å². The summed E-state index contributed by atoms with van der Waals surface area (Å²) < 4.78 is 27.2. The number of aliphatic hydroxyl groups is 1. The molecule has 0 radical (unpaired) electrons. The number of hydrogen-bond donors (Lipinski definition) is 2. The quantitative estimate of drug-likeness (QED) is 0.741. The van der Waals surface area contributed by atoms with Crippen molar-refractivity contribution in [1.29, 1.82) is 0 Å². The summed E-state index contributed by atoms with van der Waals surface area (Å²) in [6.07, 6.45) is 0.433. The van der Waals surface area contributed by atoms with Gasteiger partial charge >= 0.3 is 0 Å². The summed E-state index contributed by atoms with van der Waals surface area (Å²) in [5.41, 5.74) is 0.909. The highest BCUT2D eigenvalue weighted by Crippen LogP contribution is 2.01. The molecule has 1 aromatic rings. The Morgan fingerprint density at radius 1 is 1.29 bits per heavy atom. The first kappa shape index (κ1) is 14.1. The minimum Gasteiger partial charge on any atom is -0.396 e. The van der Waals surface area contributed by atoms with Gasteiger partial charge < -0.3 is 5.11 Å². The summed E-state index contributed by atoms with van der Waals surface area (Å²) in [4.78, 5) is 0. The van der Waals surface area contributed by atoms with Crippen molar-refractivity contribution in [2.75, 3.05) is 20.2 Å². The van der Waals surface area contributed by atoms with Gasteiger partial charge in [-0.25, -0.2) is 0 Å². The molecule has 17 heavy (non-hydrogen) atoms. The Kier molecular flexibility index (Phi) is 5.57. The molecule has 1 rings (SSSR count). The van der Waals surface area contributed by atoms with Gasteiger partial charge in [0.05, 0.1) is 0 Å². The maximum absolute atomic E-state index is 11.7. The molecule has 6 heteroatoms. The number of rotatable bonds is 7. The van der Waals surface area contributed by atoms with E-state index in [0.29, 0.717) is 13.0 Å². The zero-order valence-electron chi connectivity index (χ0n) is 9.83. The van der Waals surface area contributed by atoms with Gasteiger partial charge in [-0.15, -0.1) is 0 Å². The number of hydrogen-bond acceptors (Lipinski definition) is 3. The van der Waals surface area contributed by atoms with Crippen LogP contribution in [0, 0.1) is 0 Å². The third kappa shape index (κ3) is 4.82. The molecule has 0 atom stereocenters. The van der Waals surface area contributed by atoms with Gasteiger partial charge in [-0.3, -0.25) is 0 Å². The van der Waals surface area contributed by atoms with Crippen molar-refractivity contribution in [2.45, 2.75) is 13.0 Å². The molecule has 0 aliphatic rings. The van der Waals surface area contributed by atoms with Crippen LogP contribution in [-0.2, 0) is 16.8 Å². The van der Waals surface area contributed by atoms with E-state index in [2.05, 4.69) is 4.72 Å². The van der Waals surface area contributed by atoms with Gasteiger partial charge in [0.25, 0.3) is 10.2 Å². The summed E-state index contributed by atoms with van der Waals surface area (Å²) in [6, 6.07) is 9.32. The summed E-state index contributed by atoms with van der Waals surface area (Å²) in [7, 11) is -1.97. The Balaban J connectivity index is 2.50. The first-order valence-electron chi connectivity index (χ1n) is 5.42. The molecule has 0 fully saturated rings. The first-order valence-corrected chi connectivity index (χ1v) is 6.86. The largest absolute Gasteiger partial charge is 0.396 e. The van der Waals surface area contributed by atoms with Gasteiger partial charge in [0, 0.05) is 26.7 Å². The van der Waals surface area contributed by atoms with Gasteiger partial charge in [0.1, 0.15) is 0 Å². The molecule has 5 nitrogen and oxygen atoms in total. The topological polar surface area (TPSA) is 69.6 Å². The fraction of sp³-hybridized carbons (Fsp3) is 0.455. The van der Waals surface area contributed by atoms with Crippen molar-refractivity contribution in [3.63, 3.8) is 0 Å². The predicted molar refractivity (Wildman–Crippen MR) is 66.5 cm³/mol. The lowest BCUT2D eigenvalue weighted by molar-refractivity contribution is 0.275. The van der Waals surface area contributed by atoms with Crippen molar-refractivity contribution in [3.8, 4) is 0 Å². The number of nitrogens with zero attached hydrogens (tertiary/aromatic N) is 1. The maximum atomic E-state index is 11.7. The first-order chi connectivity index (χ1) is 8.06. The fourth-order valence-electron chi connectivity index (χ4n) is 1.29. The van der Waals surface area contributed by atoms with Crippen molar-refractivity contribution >= 4 is 10.2 Å². The zero-order chi connectivity index (χ0) is 12.7. The van der Waals surface area contributed by atoms with Crippen LogP contribution in [0.15, 0.2) is 30.3 Å². The second-order valence-corrected chi connectivity index (χ2v) is 5.57. The molecular weight excluding hydrogens is 240 g/mol. The van der Waals surface area contributed by atoms with E-state index in [1.807, 2.05) is 30.3 Å². The maximum Gasteiger partial charge on any atom is 0.279 e. The van der Waals surface area contributed by atoms with Gasteiger partial charge in [0.15, 0.2) is 0 Å². The average molecular weight is 258 g/mol. The fourth-order valence-corrected chi connectivity index (χ4v) is 2.23. The van der Waals surface area contributed by atoms with Crippen molar-refractivity contribution in [3.05, 3.63) is 35.9 Å². The second kappa shape index (κ2) is 6.70. The molecule has 0 aromatic heterocycles. The van der Waals surface area contributed by atoms with Crippen molar-refractivity contribution in [1.82, 2.24) is 9.03 Å². The molecule has 1 aromatic carbocycles. The van der Waals surface area contributed by atoms with Crippen LogP contribution in [0.25, 0.3) is 0 Å². The molecule has 0 aliphatic heterocycles. The zero-order valence-corrected chi connectivity index (χ0v) is 10.7. The lowest BCUT2D eigenvalue weighted by atomic mass is 10.2. The lowest BCUT2D eigenvalue weighted by Crippen LogP contribution is -2.38. The number of nitrogens with one attached hydrogen (secondary N) is 1. The Labute approximate surface area is 102 Å². The Morgan fingerprint density at radius 3 is 2.53 bits per heavy atom. The van der Waals surface area contributed by atoms with Crippen LogP contribution in [-0.4, -0.2) is 38.0 Å². The molecule has 0 saturated heterocycles. The van der Waals surface area contributed by atoms with Crippen LogP contribution in [0.3, 0.4) is 0 Å². The van der Waals surface area contributed by atoms with Crippen LogP contribution >= 0.6 is 0 Å². The van der Waals surface area contributed by atoms with Gasteiger partial charge in [-0.1, -0.05) is 30.3 Å². The average Bonchev–Trinajstić information content (AvgIpc) is 2.35. The minimum absolute atomic E-state index is 0.0153. The molecule has 0 bridgehead atoms. The van der Waals surface area contributed by atoms with E-state index in [1.54, 1.807) is 0 Å². The molecule has 0 heterocycles. The van der Waals surface area contributed by atoms with E-state index in [4.69, 9.17) is 5.11 Å². The minimum atomic E-state index is -3.46. The summed E-state index contributed by atoms with van der Waals surface area (Å²) >= 11 is 0. The van der Waals surface area contributed by atoms with E-state index < -0.39 is 10.2 Å². The number of benzene rings is 1. The monoisotopic (exact) mass is 258 g/mol. The smallest absolute Gasteiger partial charge is 0.279 e. The van der Waals surface area contributed by atoms with Crippen molar-refractivity contribution < 1.29 is 13.5 Å². The SMILES string of the molecule is CN(CCCO)S(=O)(=O)NCc1ccccc1. The summed E-state index contributed by atoms with van der Waals surface area (Å²) in [5, 5.41) is 8.65. The Morgan fingerprint density at radius 2 is 1.94 bits per heavy atom. The molecule has 0 unspecified atom stereocenters. The van der Waals surface area contributed by atoms with Gasteiger partial charge in [0.2, 0.25) is 0 Å². The predicted octanol–water partition coefficient (Wildman–Crippen LogP) is 0.335. The molecule has 96 valence electrons. The van der Waals surface area contributed by atoms with E-state index in [-0.39, 0.29) is 13.2 Å². The van der Waals surface area contributed by atoms with Crippen molar-refractivity contribution in [2.24, 2.45) is 0 Å². The van der Waals surface area contributed by atoms with E-state index in [9.17, 15) is 8.42 Å². The summed E-state index contributed by atoms with van der Waals surface area (Å²) in [5.74, 6) is 0. The molecule has 0 saturated carbocycles. The lowest BCUT2D eigenvalue weighted by Gasteiger charge is -2.17. The molecule has 2 N–H and O–H groups in total. The second-order valence-electron chi connectivity index (χ2n) is 3.71. The molecular formula is C11H18N2O3S. The van der Waals surface area contributed by atoms with Crippen LogP contribution in [0.1, 0.15) is 12.0 Å². The Hall–Kier alpha value is -0.950. The van der Waals surface area contributed by atoms with Gasteiger partial charge in [-0.05, 0) is 12.0 Å². The normalized spacial score (nSPS) is 11.9. The standard InChI is InChI=1S/C11H18N2O3S/c1-13(8-5-9-14)17(15,16)12-10-11-6-3-2-4-7-11/h2-4,6-7,12,14H,5,8-10H2,1H3. The van der Waals surface area contributed by atoms with Crippen LogP contribution in [0.5, 0.6) is 0 Å². The van der Waals surface area contributed by atoms with Crippen LogP contribution in [0.2, 0.25) is 0 Å². The van der Waals surface area contributed by atoms with Crippen LogP contribution < -0.4 is 4.72 Å². The third-order valence-corrected chi connectivity index (χ3v) is 3.86. The molecule has 0 aliphatic carbocycles. The van der Waals surface area contributed by atoms with E-state index in [1.165, 1.54) is 11.4 Å². The highest BCUT2D eigenvalue weighted by atomic mass is 32.2. The third-order valence-electron chi connectivity index (χ3n) is 2.34. The molecule has 0 amide bonds.